The van der Waals surface area contributed by atoms with Crippen molar-refractivity contribution in [2.24, 2.45) is 11.8 Å². The van der Waals surface area contributed by atoms with Gasteiger partial charge in [-0.15, -0.1) is 0 Å². The highest BCUT2D eigenvalue weighted by molar-refractivity contribution is 6.29. The second kappa shape index (κ2) is 6.19. The van der Waals surface area contributed by atoms with Crippen molar-refractivity contribution in [3.63, 3.8) is 0 Å². The Balaban J connectivity index is 1.79. The number of amides is 1. The van der Waals surface area contributed by atoms with E-state index in [1.54, 1.807) is 12.1 Å². The fraction of sp³-hybridized carbons (Fsp3) is 0.571. The maximum Gasteiger partial charge on any atom is 0.252 e. The van der Waals surface area contributed by atoms with Crippen LogP contribution in [0.4, 0.5) is 0 Å². The highest BCUT2D eigenvalue weighted by Crippen LogP contribution is 2.27. The molecule has 0 aromatic carbocycles. The van der Waals surface area contributed by atoms with Crippen LogP contribution in [-0.2, 0) is 0 Å². The Bertz CT molecular complexity index is 397. The quantitative estimate of drug-likeness (QED) is 0.853. The van der Waals surface area contributed by atoms with Crippen molar-refractivity contribution in [2.75, 3.05) is 6.54 Å². The van der Waals surface area contributed by atoms with E-state index < -0.39 is 0 Å². The van der Waals surface area contributed by atoms with E-state index in [4.69, 9.17) is 11.6 Å². The van der Waals surface area contributed by atoms with Crippen molar-refractivity contribution in [2.45, 2.75) is 32.6 Å². The third-order valence-electron chi connectivity index (χ3n) is 3.68. The lowest BCUT2D eigenvalue weighted by molar-refractivity contribution is 0.0941. The smallest absolute Gasteiger partial charge is 0.252 e. The number of carbonyl (C=O) groups is 1. The molecule has 1 aromatic heterocycles. The summed E-state index contributed by atoms with van der Waals surface area (Å²) in [6, 6.07) is 3.34. The molecule has 0 saturated heterocycles. The summed E-state index contributed by atoms with van der Waals surface area (Å²) in [5.41, 5.74) is 0.573. The zero-order valence-electron chi connectivity index (χ0n) is 10.7. The number of hydrogen-bond donors (Lipinski definition) is 1. The van der Waals surface area contributed by atoms with E-state index in [1.165, 1.54) is 31.9 Å². The van der Waals surface area contributed by atoms with Crippen LogP contribution in [0.25, 0.3) is 0 Å². The fourth-order valence-corrected chi connectivity index (χ4v) is 2.49. The maximum absolute atomic E-state index is 11.9. The lowest BCUT2D eigenvalue weighted by Gasteiger charge is -2.26. The number of nitrogens with one attached hydrogen (secondary N) is 1. The molecule has 98 valence electrons. The largest absolute Gasteiger partial charge is 0.352 e. The number of carbonyl (C=O) groups excluding carboxylic acids is 1. The monoisotopic (exact) mass is 266 g/mol. The van der Waals surface area contributed by atoms with E-state index in [-0.39, 0.29) is 5.91 Å². The zero-order valence-corrected chi connectivity index (χ0v) is 11.4. The predicted octanol–water partition coefficient (Wildman–Crippen LogP) is 3.29. The molecule has 1 heterocycles. The Morgan fingerprint density at radius 2 is 2.11 bits per heavy atom. The predicted molar refractivity (Wildman–Crippen MR) is 72.7 cm³/mol. The van der Waals surface area contributed by atoms with E-state index in [0.29, 0.717) is 16.6 Å². The Kier molecular flexibility index (Phi) is 4.59. The lowest BCUT2D eigenvalue weighted by atomic mass is 9.83. The van der Waals surface area contributed by atoms with E-state index in [1.807, 2.05) is 0 Å². The first-order valence-electron chi connectivity index (χ1n) is 6.55. The number of rotatable bonds is 3. The summed E-state index contributed by atoms with van der Waals surface area (Å²) in [7, 11) is 0. The van der Waals surface area contributed by atoms with E-state index in [9.17, 15) is 4.79 Å². The molecule has 4 heteroatoms. The third kappa shape index (κ3) is 3.70. The van der Waals surface area contributed by atoms with Gasteiger partial charge in [0.2, 0.25) is 0 Å². The minimum atomic E-state index is -0.0576. The molecule has 1 aliphatic carbocycles. The van der Waals surface area contributed by atoms with Crippen LogP contribution in [-0.4, -0.2) is 17.4 Å². The van der Waals surface area contributed by atoms with Gasteiger partial charge in [-0.2, -0.15) is 0 Å². The molecule has 0 aliphatic heterocycles. The Morgan fingerprint density at radius 3 is 2.72 bits per heavy atom. The van der Waals surface area contributed by atoms with Crippen LogP contribution in [0.15, 0.2) is 18.3 Å². The van der Waals surface area contributed by atoms with Crippen LogP contribution in [0.1, 0.15) is 43.0 Å². The van der Waals surface area contributed by atoms with Crippen LogP contribution in [0.3, 0.4) is 0 Å². The number of pyridine rings is 1. The van der Waals surface area contributed by atoms with Crippen molar-refractivity contribution in [1.29, 1.82) is 0 Å². The first-order chi connectivity index (χ1) is 8.65. The molecule has 1 aromatic rings. The summed E-state index contributed by atoms with van der Waals surface area (Å²) in [6.07, 6.45) is 6.52. The second-order valence-corrected chi connectivity index (χ2v) is 5.59. The summed E-state index contributed by atoms with van der Waals surface area (Å²) in [5.74, 6) is 1.42. The minimum absolute atomic E-state index is 0.0576. The van der Waals surface area contributed by atoms with Crippen LogP contribution < -0.4 is 5.32 Å². The highest BCUT2D eigenvalue weighted by atomic mass is 35.5. The fourth-order valence-electron chi connectivity index (χ4n) is 2.38. The van der Waals surface area contributed by atoms with Crippen molar-refractivity contribution >= 4 is 17.5 Å². The van der Waals surface area contributed by atoms with Gasteiger partial charge in [0.15, 0.2) is 0 Å². The van der Waals surface area contributed by atoms with Crippen molar-refractivity contribution in [1.82, 2.24) is 10.3 Å². The number of aromatic nitrogens is 1. The van der Waals surface area contributed by atoms with Gasteiger partial charge in [-0.3, -0.25) is 4.79 Å². The molecule has 1 saturated carbocycles. The molecule has 18 heavy (non-hydrogen) atoms. The molecule has 1 N–H and O–H groups in total. The lowest BCUT2D eigenvalue weighted by Crippen LogP contribution is -2.31. The molecule has 1 aliphatic rings. The average Bonchev–Trinajstić information content (AvgIpc) is 2.38. The van der Waals surface area contributed by atoms with E-state index in [2.05, 4.69) is 17.2 Å². The summed E-state index contributed by atoms with van der Waals surface area (Å²) in [6.45, 7) is 3.07. The Labute approximate surface area is 113 Å². The Morgan fingerprint density at radius 1 is 1.39 bits per heavy atom. The summed E-state index contributed by atoms with van der Waals surface area (Å²) in [4.78, 5) is 15.8. The van der Waals surface area contributed by atoms with Gasteiger partial charge >= 0.3 is 0 Å². The van der Waals surface area contributed by atoms with Crippen LogP contribution in [0.5, 0.6) is 0 Å². The van der Waals surface area contributed by atoms with Crippen LogP contribution in [0.2, 0.25) is 5.15 Å². The normalized spacial score (nSPS) is 23.7. The molecule has 3 nitrogen and oxygen atoms in total. The molecule has 1 fully saturated rings. The van der Waals surface area contributed by atoms with Gasteiger partial charge in [0.25, 0.3) is 5.91 Å². The molecular weight excluding hydrogens is 248 g/mol. The molecule has 2 rings (SSSR count). The summed E-state index contributed by atoms with van der Waals surface area (Å²) < 4.78 is 0. The molecule has 0 atom stereocenters. The van der Waals surface area contributed by atoms with Crippen LogP contribution >= 0.6 is 11.6 Å². The van der Waals surface area contributed by atoms with E-state index >= 15 is 0 Å². The standard InChI is InChI=1S/C14H19ClN2O/c1-10-2-4-11(5-3-10)8-17-14(18)12-6-7-13(15)16-9-12/h6-7,9-11H,2-5,8H2,1H3,(H,17,18). The minimum Gasteiger partial charge on any atom is -0.352 e. The molecule has 0 radical (unpaired) electrons. The van der Waals surface area contributed by atoms with Gasteiger partial charge in [0, 0.05) is 12.7 Å². The SMILES string of the molecule is CC1CCC(CNC(=O)c2ccc(Cl)nc2)CC1. The molecule has 0 bridgehead atoms. The summed E-state index contributed by atoms with van der Waals surface area (Å²) >= 11 is 5.69. The molecule has 0 unspecified atom stereocenters. The number of hydrogen-bond acceptors (Lipinski definition) is 2. The van der Waals surface area contributed by atoms with Crippen molar-refractivity contribution in [3.05, 3.63) is 29.0 Å². The van der Waals surface area contributed by atoms with Crippen molar-refractivity contribution in [3.8, 4) is 0 Å². The number of nitrogens with zero attached hydrogens (tertiary/aromatic N) is 1. The Hall–Kier alpha value is -1.09. The molecule has 0 spiro atoms. The van der Waals surface area contributed by atoms with Gasteiger partial charge in [0.05, 0.1) is 5.56 Å². The van der Waals surface area contributed by atoms with Crippen LogP contribution in [0, 0.1) is 11.8 Å². The molecule has 1 amide bonds. The first kappa shape index (κ1) is 13.3. The van der Waals surface area contributed by atoms with Crippen molar-refractivity contribution < 1.29 is 4.79 Å². The first-order valence-corrected chi connectivity index (χ1v) is 6.92. The number of halogens is 1. The second-order valence-electron chi connectivity index (χ2n) is 5.21. The van der Waals surface area contributed by atoms with Gasteiger partial charge in [0.1, 0.15) is 5.15 Å². The van der Waals surface area contributed by atoms with Gasteiger partial charge in [-0.1, -0.05) is 31.4 Å². The van der Waals surface area contributed by atoms with Gasteiger partial charge < -0.3 is 5.32 Å². The third-order valence-corrected chi connectivity index (χ3v) is 3.90. The van der Waals surface area contributed by atoms with Gasteiger partial charge in [-0.25, -0.2) is 4.98 Å². The average molecular weight is 267 g/mol. The van der Waals surface area contributed by atoms with E-state index in [0.717, 1.165) is 12.5 Å². The molecular formula is C14H19ClN2O. The van der Waals surface area contributed by atoms with Gasteiger partial charge in [-0.05, 0) is 36.8 Å². The zero-order chi connectivity index (χ0) is 13.0. The topological polar surface area (TPSA) is 42.0 Å². The summed E-state index contributed by atoms with van der Waals surface area (Å²) in [5, 5.41) is 3.39. The maximum atomic E-state index is 11.9. The highest BCUT2D eigenvalue weighted by Gasteiger charge is 2.18.